The van der Waals surface area contributed by atoms with Gasteiger partial charge in [-0.25, -0.2) is 9.59 Å². The highest BCUT2D eigenvalue weighted by Crippen LogP contribution is 2.41. The number of nitro groups is 1. The van der Waals surface area contributed by atoms with Gasteiger partial charge in [-0.1, -0.05) is 25.0 Å². The van der Waals surface area contributed by atoms with Gasteiger partial charge in [-0.2, -0.15) is 11.8 Å². The average molecular weight is 506 g/mol. The number of allylic oxidation sites excluding steroid dienone is 1. The number of nitrogens with zero attached hydrogens (tertiary/aromatic N) is 1. The van der Waals surface area contributed by atoms with Gasteiger partial charge >= 0.3 is 11.9 Å². The summed E-state index contributed by atoms with van der Waals surface area (Å²) in [4.78, 5) is 37.1. The molecule has 3 N–H and O–H groups in total. The van der Waals surface area contributed by atoms with Crippen molar-refractivity contribution in [1.82, 2.24) is 5.32 Å². The van der Waals surface area contributed by atoms with E-state index in [9.17, 15) is 19.7 Å². The van der Waals surface area contributed by atoms with Crippen LogP contribution in [0.15, 0.2) is 46.8 Å². The minimum atomic E-state index is -0.852. The van der Waals surface area contributed by atoms with E-state index in [1.165, 1.54) is 12.1 Å². The van der Waals surface area contributed by atoms with E-state index in [0.717, 1.165) is 31.4 Å². The Morgan fingerprint density at radius 1 is 1.09 bits per heavy atom. The van der Waals surface area contributed by atoms with Gasteiger partial charge < -0.3 is 20.5 Å². The number of rotatable bonds is 14. The third-order valence-electron chi connectivity index (χ3n) is 5.54. The fourth-order valence-electron chi connectivity index (χ4n) is 3.97. The largest absolute Gasteiger partial charge is 0.463 e. The second kappa shape index (κ2) is 14.5. The van der Waals surface area contributed by atoms with Crippen LogP contribution >= 0.6 is 11.8 Å². The molecule has 1 atom stereocenters. The van der Waals surface area contributed by atoms with E-state index in [1.807, 2.05) is 0 Å². The van der Waals surface area contributed by atoms with Crippen molar-refractivity contribution in [2.24, 2.45) is 5.73 Å². The minimum absolute atomic E-state index is 0.126. The van der Waals surface area contributed by atoms with E-state index in [1.54, 1.807) is 44.7 Å². The summed E-state index contributed by atoms with van der Waals surface area (Å²) in [6.45, 7) is 6.16. The van der Waals surface area contributed by atoms with Crippen molar-refractivity contribution in [3.63, 3.8) is 0 Å². The lowest BCUT2D eigenvalue weighted by atomic mass is 9.80. The summed E-state index contributed by atoms with van der Waals surface area (Å²) >= 11 is 1.68. The summed E-state index contributed by atoms with van der Waals surface area (Å²) in [5.41, 5.74) is 7.58. The molecule has 0 aromatic heterocycles. The van der Waals surface area contributed by atoms with Gasteiger partial charge in [0.2, 0.25) is 0 Å². The number of esters is 2. The molecule has 192 valence electrons. The fraction of sp³-hybridized carbons (Fsp3) is 0.520. The number of carbonyl (C=O) groups excluding carboxylic acids is 2. The lowest BCUT2D eigenvalue weighted by Crippen LogP contribution is -2.34. The average Bonchev–Trinajstić information content (AvgIpc) is 2.83. The highest BCUT2D eigenvalue weighted by Gasteiger charge is 2.39. The molecule has 1 aliphatic heterocycles. The maximum absolute atomic E-state index is 13.2. The Hall–Kier alpha value is -2.85. The number of dihydropyridines is 1. The number of unbranched alkanes of at least 4 members (excludes halogenated alkanes) is 3. The van der Waals surface area contributed by atoms with Gasteiger partial charge in [-0.05, 0) is 51.5 Å². The van der Waals surface area contributed by atoms with E-state index in [4.69, 9.17) is 15.2 Å². The molecule has 1 aromatic rings. The molecule has 1 aliphatic rings. The Balaban J connectivity index is 2.49. The minimum Gasteiger partial charge on any atom is -0.463 e. The summed E-state index contributed by atoms with van der Waals surface area (Å²) in [5, 5.41) is 14.7. The predicted molar refractivity (Wildman–Crippen MR) is 137 cm³/mol. The molecule has 0 saturated heterocycles. The zero-order chi connectivity index (χ0) is 25.8. The summed E-state index contributed by atoms with van der Waals surface area (Å²) in [6.07, 6.45) is 4.22. The van der Waals surface area contributed by atoms with Crippen LogP contribution in [0.25, 0.3) is 0 Å². The molecule has 0 saturated carbocycles. The number of non-ortho nitro benzene ring substituents is 1. The van der Waals surface area contributed by atoms with Crippen LogP contribution in [-0.2, 0) is 19.1 Å². The Kier molecular flexibility index (Phi) is 11.8. The summed E-state index contributed by atoms with van der Waals surface area (Å²) in [5.74, 6) is -0.591. The van der Waals surface area contributed by atoms with Crippen LogP contribution in [0, 0.1) is 10.1 Å². The third kappa shape index (κ3) is 7.83. The topological polar surface area (TPSA) is 134 Å². The highest BCUT2D eigenvalue weighted by atomic mass is 32.2. The van der Waals surface area contributed by atoms with Gasteiger partial charge in [0, 0.05) is 29.3 Å². The molecule has 1 heterocycles. The molecule has 0 spiro atoms. The fourth-order valence-corrected chi connectivity index (χ4v) is 4.95. The van der Waals surface area contributed by atoms with Crippen molar-refractivity contribution in [2.45, 2.75) is 52.4 Å². The third-order valence-corrected chi connectivity index (χ3v) is 6.61. The number of carbonyl (C=O) groups is 2. The van der Waals surface area contributed by atoms with E-state index < -0.39 is 22.8 Å². The number of nitrogens with two attached hydrogens (primary N) is 1. The van der Waals surface area contributed by atoms with E-state index in [2.05, 4.69) is 5.32 Å². The SMILES string of the molecule is CCOC(=O)C1=C(C)NC(CSCCCCCCN)=C(C(=O)OCC)C1c1cccc([N+](=O)[O-])c1. The molecule has 1 aromatic carbocycles. The van der Waals surface area contributed by atoms with E-state index in [-0.39, 0.29) is 30.0 Å². The predicted octanol–water partition coefficient (Wildman–Crippen LogP) is 4.19. The standard InChI is InChI=1S/C25H35N3O6S/c1-4-33-24(29)21-17(3)27-20(16-35-14-9-7-6-8-13-26)23(25(30)34-5-2)22(21)18-11-10-12-19(15-18)28(31)32/h10-12,15,22,27H,4-9,13-14,16,26H2,1-3H3. The van der Waals surface area contributed by atoms with Gasteiger partial charge in [0.25, 0.3) is 5.69 Å². The molecular formula is C25H35N3O6S. The van der Waals surface area contributed by atoms with E-state index >= 15 is 0 Å². The van der Waals surface area contributed by atoms with Gasteiger partial charge in [0.05, 0.1) is 35.2 Å². The highest BCUT2D eigenvalue weighted by molar-refractivity contribution is 7.99. The zero-order valence-corrected chi connectivity index (χ0v) is 21.4. The summed E-state index contributed by atoms with van der Waals surface area (Å²) in [7, 11) is 0. The van der Waals surface area contributed by atoms with E-state index in [0.29, 0.717) is 29.3 Å². The van der Waals surface area contributed by atoms with Crippen LogP contribution in [-0.4, -0.2) is 48.1 Å². The van der Waals surface area contributed by atoms with Crippen LogP contribution in [0.1, 0.15) is 57.9 Å². The van der Waals surface area contributed by atoms with Crippen molar-refractivity contribution in [1.29, 1.82) is 0 Å². The van der Waals surface area contributed by atoms with Crippen LogP contribution in [0.2, 0.25) is 0 Å². The number of hydrogen-bond donors (Lipinski definition) is 2. The first-order valence-corrected chi connectivity index (χ1v) is 13.1. The monoisotopic (exact) mass is 505 g/mol. The van der Waals surface area contributed by atoms with Crippen molar-refractivity contribution in [2.75, 3.05) is 31.3 Å². The maximum atomic E-state index is 13.2. The second-order valence-electron chi connectivity index (χ2n) is 8.04. The zero-order valence-electron chi connectivity index (χ0n) is 20.6. The Morgan fingerprint density at radius 2 is 1.74 bits per heavy atom. The van der Waals surface area contributed by atoms with Gasteiger partial charge in [-0.3, -0.25) is 10.1 Å². The Bertz CT molecular complexity index is 976. The summed E-state index contributed by atoms with van der Waals surface area (Å²) in [6, 6.07) is 5.99. The van der Waals surface area contributed by atoms with Crippen LogP contribution in [0.4, 0.5) is 5.69 Å². The number of nitrogens with one attached hydrogen (secondary N) is 1. The maximum Gasteiger partial charge on any atom is 0.336 e. The molecule has 9 nitrogen and oxygen atoms in total. The van der Waals surface area contributed by atoms with Crippen molar-refractivity contribution < 1.29 is 24.0 Å². The Labute approximate surface area is 210 Å². The number of thioether (sulfide) groups is 1. The van der Waals surface area contributed by atoms with Crippen LogP contribution < -0.4 is 11.1 Å². The van der Waals surface area contributed by atoms with Gasteiger partial charge in [0.15, 0.2) is 0 Å². The van der Waals surface area contributed by atoms with Crippen LogP contribution in [0.5, 0.6) is 0 Å². The molecular weight excluding hydrogens is 470 g/mol. The Morgan fingerprint density at radius 3 is 2.37 bits per heavy atom. The first-order chi connectivity index (χ1) is 16.8. The number of hydrogen-bond acceptors (Lipinski definition) is 9. The van der Waals surface area contributed by atoms with Crippen molar-refractivity contribution in [3.8, 4) is 0 Å². The van der Waals surface area contributed by atoms with Gasteiger partial charge in [0.1, 0.15) is 0 Å². The smallest absolute Gasteiger partial charge is 0.336 e. The molecule has 35 heavy (non-hydrogen) atoms. The van der Waals surface area contributed by atoms with Crippen molar-refractivity contribution in [3.05, 3.63) is 62.5 Å². The second-order valence-corrected chi connectivity index (χ2v) is 9.14. The van der Waals surface area contributed by atoms with Crippen LogP contribution in [0.3, 0.4) is 0 Å². The lowest BCUT2D eigenvalue weighted by molar-refractivity contribution is -0.384. The summed E-state index contributed by atoms with van der Waals surface area (Å²) < 4.78 is 10.7. The molecule has 2 rings (SSSR count). The normalized spacial score (nSPS) is 15.6. The molecule has 0 aliphatic carbocycles. The number of benzene rings is 1. The first kappa shape index (κ1) is 28.4. The first-order valence-electron chi connectivity index (χ1n) is 11.9. The molecule has 0 bridgehead atoms. The molecule has 0 radical (unpaired) electrons. The molecule has 1 unspecified atom stereocenters. The quantitative estimate of drug-likeness (QED) is 0.165. The number of nitro benzene ring substituents is 1. The molecule has 0 fully saturated rings. The lowest BCUT2D eigenvalue weighted by Gasteiger charge is -2.31. The van der Waals surface area contributed by atoms with Crippen molar-refractivity contribution >= 4 is 29.4 Å². The van der Waals surface area contributed by atoms with Gasteiger partial charge in [-0.15, -0.1) is 0 Å². The molecule has 0 amide bonds. The molecule has 10 heteroatoms. The number of ether oxygens (including phenoxy) is 2.